The van der Waals surface area contributed by atoms with E-state index in [1.165, 1.54) is 10.8 Å². The first-order valence-electron chi connectivity index (χ1n) is 8.54. The largest absolute Gasteiger partial charge is 0.426 e. The van der Waals surface area contributed by atoms with E-state index in [1.807, 2.05) is 56.3 Å². The number of hydrogen-bond acceptors (Lipinski definition) is 2. The highest BCUT2D eigenvalue weighted by atomic mass is 16.5. The molecular weight excluding hydrogens is 308 g/mol. The minimum atomic E-state index is -0.623. The van der Waals surface area contributed by atoms with E-state index in [-0.39, 0.29) is 11.9 Å². The van der Waals surface area contributed by atoms with Gasteiger partial charge in [0.2, 0.25) is 0 Å². The molecule has 0 bridgehead atoms. The topological polar surface area (TPSA) is 26.3 Å². The molecule has 1 aliphatic heterocycles. The molecule has 0 amide bonds. The molecule has 3 aromatic rings. The Morgan fingerprint density at radius 1 is 0.840 bits per heavy atom. The molecule has 0 fully saturated rings. The third kappa shape index (κ3) is 2.64. The first kappa shape index (κ1) is 15.6. The molecule has 0 saturated carbocycles. The van der Waals surface area contributed by atoms with Crippen LogP contribution in [0.1, 0.15) is 30.9 Å². The summed E-state index contributed by atoms with van der Waals surface area (Å²) in [5.41, 5.74) is 1.47. The minimum Gasteiger partial charge on any atom is -0.426 e. The Kier molecular flexibility index (Phi) is 3.69. The Bertz CT molecular complexity index is 962. The summed E-state index contributed by atoms with van der Waals surface area (Å²) in [6, 6.07) is 24.4. The van der Waals surface area contributed by atoms with Crippen LogP contribution in [0.5, 0.6) is 0 Å². The normalized spacial score (nSPS) is 19.4. The smallest absolute Gasteiger partial charge is 0.317 e. The van der Waals surface area contributed by atoms with Crippen LogP contribution >= 0.6 is 0 Å². The summed E-state index contributed by atoms with van der Waals surface area (Å²) in [6.07, 6.45) is 2.10. The lowest BCUT2D eigenvalue weighted by molar-refractivity contribution is -0.148. The highest BCUT2D eigenvalue weighted by Gasteiger charge is 2.43. The van der Waals surface area contributed by atoms with E-state index in [4.69, 9.17) is 4.74 Å². The van der Waals surface area contributed by atoms with Crippen molar-refractivity contribution in [2.75, 3.05) is 0 Å². The van der Waals surface area contributed by atoms with Crippen LogP contribution in [0, 0.1) is 5.41 Å². The lowest BCUT2D eigenvalue weighted by atomic mass is 9.72. The Labute approximate surface area is 147 Å². The molecule has 25 heavy (non-hydrogen) atoms. The first-order valence-corrected chi connectivity index (χ1v) is 8.54. The molecule has 124 valence electrons. The number of allylic oxidation sites excluding steroid dienone is 1. The summed E-state index contributed by atoms with van der Waals surface area (Å²) >= 11 is 0. The molecule has 0 spiro atoms. The van der Waals surface area contributed by atoms with Crippen molar-refractivity contribution in [3.05, 3.63) is 90.0 Å². The van der Waals surface area contributed by atoms with E-state index < -0.39 is 5.41 Å². The Hall–Kier alpha value is -2.87. The molecule has 0 radical (unpaired) electrons. The van der Waals surface area contributed by atoms with Gasteiger partial charge in [-0.2, -0.15) is 0 Å². The van der Waals surface area contributed by atoms with Crippen molar-refractivity contribution in [2.24, 2.45) is 5.41 Å². The molecular formula is C23H20O2. The van der Waals surface area contributed by atoms with Crippen molar-refractivity contribution in [1.82, 2.24) is 0 Å². The number of carbonyl (C=O) groups excluding carboxylic acids is 1. The summed E-state index contributed by atoms with van der Waals surface area (Å²) in [5, 5.41) is 2.37. The number of carbonyl (C=O) groups is 1. The van der Waals surface area contributed by atoms with Gasteiger partial charge < -0.3 is 4.74 Å². The van der Waals surface area contributed by atoms with Gasteiger partial charge in [0.15, 0.2) is 0 Å². The molecule has 1 unspecified atom stereocenters. The van der Waals surface area contributed by atoms with Crippen molar-refractivity contribution in [2.45, 2.75) is 19.8 Å². The first-order chi connectivity index (χ1) is 12.1. The third-order valence-electron chi connectivity index (χ3n) is 5.04. The van der Waals surface area contributed by atoms with Crippen molar-refractivity contribution in [1.29, 1.82) is 0 Å². The quantitative estimate of drug-likeness (QED) is 0.577. The molecule has 0 aromatic heterocycles. The average Bonchev–Trinajstić information content (AvgIpc) is 2.64. The van der Waals surface area contributed by atoms with Crippen LogP contribution in [0.3, 0.4) is 0 Å². The summed E-state index contributed by atoms with van der Waals surface area (Å²) in [6.45, 7) is 3.92. The van der Waals surface area contributed by atoms with Gasteiger partial charge in [-0.3, -0.25) is 4.79 Å². The van der Waals surface area contributed by atoms with Crippen molar-refractivity contribution < 1.29 is 9.53 Å². The van der Waals surface area contributed by atoms with Crippen LogP contribution in [-0.4, -0.2) is 5.97 Å². The number of ether oxygens (including phenoxy) is 1. The maximum atomic E-state index is 12.8. The monoisotopic (exact) mass is 328 g/mol. The average molecular weight is 328 g/mol. The zero-order valence-corrected chi connectivity index (χ0v) is 14.4. The lowest BCUT2D eigenvalue weighted by Gasteiger charge is -2.35. The minimum absolute atomic E-state index is 0.0462. The van der Waals surface area contributed by atoms with Gasteiger partial charge in [0.25, 0.3) is 0 Å². The van der Waals surface area contributed by atoms with Crippen LogP contribution in [0.4, 0.5) is 0 Å². The van der Waals surface area contributed by atoms with Crippen molar-refractivity contribution in [3.8, 4) is 0 Å². The number of hydrogen-bond donors (Lipinski definition) is 0. The molecule has 3 aromatic carbocycles. The summed E-state index contributed by atoms with van der Waals surface area (Å²) in [5.74, 6) is 0.407. The second kappa shape index (κ2) is 5.89. The van der Waals surface area contributed by atoms with Crippen molar-refractivity contribution >= 4 is 22.5 Å². The van der Waals surface area contributed by atoms with Gasteiger partial charge in [0, 0.05) is 11.5 Å². The molecule has 2 nitrogen and oxygen atoms in total. The van der Waals surface area contributed by atoms with E-state index in [0.29, 0.717) is 5.76 Å². The number of esters is 1. The number of benzene rings is 3. The van der Waals surface area contributed by atoms with Gasteiger partial charge in [0.1, 0.15) is 5.76 Å². The Morgan fingerprint density at radius 2 is 1.52 bits per heavy atom. The zero-order valence-electron chi connectivity index (χ0n) is 14.4. The van der Waals surface area contributed by atoms with E-state index in [1.54, 1.807) is 0 Å². The van der Waals surface area contributed by atoms with Gasteiger partial charge >= 0.3 is 5.97 Å². The Morgan fingerprint density at radius 3 is 2.32 bits per heavy atom. The van der Waals surface area contributed by atoms with E-state index in [9.17, 15) is 4.79 Å². The zero-order chi connectivity index (χ0) is 17.4. The summed E-state index contributed by atoms with van der Waals surface area (Å²) in [4.78, 5) is 12.8. The second-order valence-corrected chi connectivity index (χ2v) is 7.05. The van der Waals surface area contributed by atoms with Crippen LogP contribution < -0.4 is 0 Å². The second-order valence-electron chi connectivity index (χ2n) is 7.05. The standard InChI is InChI=1S/C23H20O2/c1-23(2)20(19-14-8-12-16-9-6-7-13-18(16)19)15-21(25-22(23)24)17-10-4-3-5-11-17/h3-15,20H,1-2H3. The van der Waals surface area contributed by atoms with Crippen LogP contribution in [-0.2, 0) is 9.53 Å². The van der Waals surface area contributed by atoms with Crippen LogP contribution in [0.25, 0.3) is 16.5 Å². The fourth-order valence-corrected chi connectivity index (χ4v) is 3.51. The highest BCUT2D eigenvalue weighted by molar-refractivity contribution is 5.91. The molecule has 0 saturated heterocycles. The fraction of sp³-hybridized carbons (Fsp3) is 0.174. The third-order valence-corrected chi connectivity index (χ3v) is 5.04. The van der Waals surface area contributed by atoms with Gasteiger partial charge in [-0.1, -0.05) is 72.8 Å². The number of fused-ring (bicyclic) bond motifs is 1. The van der Waals surface area contributed by atoms with Gasteiger partial charge in [-0.15, -0.1) is 0 Å². The maximum Gasteiger partial charge on any atom is 0.317 e. The molecule has 0 aliphatic carbocycles. The molecule has 1 heterocycles. The lowest BCUT2D eigenvalue weighted by Crippen LogP contribution is -2.35. The SMILES string of the molecule is CC1(C)C(=O)OC(c2ccccc2)=CC1c1cccc2ccccc12. The molecule has 0 N–H and O–H groups in total. The molecule has 2 heteroatoms. The highest BCUT2D eigenvalue weighted by Crippen LogP contribution is 2.45. The van der Waals surface area contributed by atoms with E-state index in [2.05, 4.69) is 36.4 Å². The van der Waals surface area contributed by atoms with E-state index in [0.717, 1.165) is 11.1 Å². The van der Waals surface area contributed by atoms with E-state index >= 15 is 0 Å². The molecule has 1 atom stereocenters. The predicted octanol–water partition coefficient (Wildman–Crippen LogP) is 5.55. The summed E-state index contributed by atoms with van der Waals surface area (Å²) in [7, 11) is 0. The van der Waals surface area contributed by atoms with Gasteiger partial charge in [-0.25, -0.2) is 0 Å². The molecule has 1 aliphatic rings. The van der Waals surface area contributed by atoms with Gasteiger partial charge in [-0.05, 0) is 36.3 Å². The number of rotatable bonds is 2. The van der Waals surface area contributed by atoms with Crippen LogP contribution in [0.2, 0.25) is 0 Å². The maximum absolute atomic E-state index is 12.8. The van der Waals surface area contributed by atoms with Crippen LogP contribution in [0.15, 0.2) is 78.9 Å². The summed E-state index contributed by atoms with van der Waals surface area (Å²) < 4.78 is 5.67. The fourth-order valence-electron chi connectivity index (χ4n) is 3.51. The van der Waals surface area contributed by atoms with Crippen molar-refractivity contribution in [3.63, 3.8) is 0 Å². The molecule has 4 rings (SSSR count). The van der Waals surface area contributed by atoms with Gasteiger partial charge in [0.05, 0.1) is 5.41 Å². The predicted molar refractivity (Wildman–Crippen MR) is 101 cm³/mol. The Balaban J connectivity index is 1.92. The number of cyclic esters (lactones) is 1.